The normalized spacial score (nSPS) is 15.8. The summed E-state index contributed by atoms with van der Waals surface area (Å²) in [5, 5.41) is 9.28. The van der Waals surface area contributed by atoms with Crippen LogP contribution in [-0.4, -0.2) is 47.5 Å². The Morgan fingerprint density at radius 1 is 1.23 bits per heavy atom. The van der Waals surface area contributed by atoms with E-state index in [4.69, 9.17) is 9.47 Å². The van der Waals surface area contributed by atoms with Gasteiger partial charge in [-0.05, 0) is 29.9 Å². The second-order valence-electron chi connectivity index (χ2n) is 7.07. The molecule has 7 nitrogen and oxygen atoms in total. The van der Waals surface area contributed by atoms with Crippen LogP contribution in [0.4, 0.5) is 0 Å². The number of nitrogens with zero attached hydrogens (tertiary/aromatic N) is 2. The van der Waals surface area contributed by atoms with Crippen LogP contribution >= 0.6 is 11.3 Å². The molecule has 0 saturated carbocycles. The summed E-state index contributed by atoms with van der Waals surface area (Å²) in [6.07, 6.45) is 3.67. The van der Waals surface area contributed by atoms with Crippen molar-refractivity contribution < 1.29 is 19.1 Å². The molecular formula is C22H23N3O4S. The highest BCUT2D eigenvalue weighted by atomic mass is 32.1. The first kappa shape index (κ1) is 20.3. The quantitative estimate of drug-likeness (QED) is 0.561. The molecule has 1 N–H and O–H groups in total. The van der Waals surface area contributed by atoms with Crippen molar-refractivity contribution in [3.05, 3.63) is 65.2 Å². The van der Waals surface area contributed by atoms with E-state index >= 15 is 0 Å². The number of carbonyl (C=O) groups excluding carboxylic acids is 2. The number of hydrogen-bond acceptors (Lipinski definition) is 6. The molecule has 8 heteroatoms. The van der Waals surface area contributed by atoms with Gasteiger partial charge in [0.25, 0.3) is 5.91 Å². The Morgan fingerprint density at radius 3 is 2.83 bits per heavy atom. The standard InChI is InChI=1S/C22H23N3O4S/c26-20(23-12-17-8-4-10-28-17)15-29-22(27)18-14-25(13-16-6-2-1-3-7-16)24-21(18)19-9-5-11-30-19/h1-3,5-7,9,11,14,17H,4,8,10,12-13,15H2,(H,23,26). The summed E-state index contributed by atoms with van der Waals surface area (Å²) in [4.78, 5) is 25.6. The molecule has 3 aromatic rings. The lowest BCUT2D eigenvalue weighted by atomic mass is 10.2. The third kappa shape index (κ3) is 5.14. The molecule has 1 atom stereocenters. The fraction of sp³-hybridized carbons (Fsp3) is 0.318. The molecule has 1 saturated heterocycles. The van der Waals surface area contributed by atoms with Crippen molar-refractivity contribution in [2.45, 2.75) is 25.5 Å². The number of carbonyl (C=O) groups is 2. The molecule has 0 aliphatic carbocycles. The minimum absolute atomic E-state index is 0.0475. The smallest absolute Gasteiger partial charge is 0.342 e. The molecule has 0 spiro atoms. The molecule has 4 rings (SSSR count). The maximum Gasteiger partial charge on any atom is 0.342 e. The lowest BCUT2D eigenvalue weighted by Gasteiger charge is -2.10. The lowest BCUT2D eigenvalue weighted by molar-refractivity contribution is -0.124. The molecule has 1 unspecified atom stereocenters. The van der Waals surface area contributed by atoms with E-state index in [-0.39, 0.29) is 18.6 Å². The molecule has 156 valence electrons. The molecular weight excluding hydrogens is 402 g/mol. The van der Waals surface area contributed by atoms with Gasteiger partial charge in [-0.3, -0.25) is 9.48 Å². The van der Waals surface area contributed by atoms with E-state index in [2.05, 4.69) is 10.4 Å². The summed E-state index contributed by atoms with van der Waals surface area (Å²) in [6.45, 7) is 1.37. The second-order valence-corrected chi connectivity index (χ2v) is 8.01. The van der Waals surface area contributed by atoms with Crippen LogP contribution in [0.2, 0.25) is 0 Å². The van der Waals surface area contributed by atoms with Crippen molar-refractivity contribution in [2.24, 2.45) is 0 Å². The van der Waals surface area contributed by atoms with Crippen LogP contribution in [0.3, 0.4) is 0 Å². The van der Waals surface area contributed by atoms with Crippen LogP contribution in [0.1, 0.15) is 28.8 Å². The van der Waals surface area contributed by atoms with Crippen molar-refractivity contribution in [3.63, 3.8) is 0 Å². The maximum absolute atomic E-state index is 12.7. The van der Waals surface area contributed by atoms with Gasteiger partial charge in [0.1, 0.15) is 11.3 Å². The van der Waals surface area contributed by atoms with Gasteiger partial charge in [-0.15, -0.1) is 11.3 Å². The van der Waals surface area contributed by atoms with Crippen molar-refractivity contribution in [1.82, 2.24) is 15.1 Å². The van der Waals surface area contributed by atoms with Gasteiger partial charge in [-0.1, -0.05) is 36.4 Å². The molecule has 0 radical (unpaired) electrons. The molecule has 2 aromatic heterocycles. The Hall–Kier alpha value is -2.97. The van der Waals surface area contributed by atoms with Gasteiger partial charge in [0.05, 0.1) is 17.5 Å². The van der Waals surface area contributed by atoms with E-state index < -0.39 is 5.97 Å². The summed E-state index contributed by atoms with van der Waals surface area (Å²) in [6, 6.07) is 13.7. The molecule has 0 bridgehead atoms. The molecule has 1 fully saturated rings. The van der Waals surface area contributed by atoms with Crippen LogP contribution in [0.5, 0.6) is 0 Å². The predicted octanol–water partition coefficient (Wildman–Crippen LogP) is 3.11. The minimum atomic E-state index is -0.565. The zero-order chi connectivity index (χ0) is 20.8. The van der Waals surface area contributed by atoms with Gasteiger partial charge in [-0.25, -0.2) is 4.79 Å². The fourth-order valence-corrected chi connectivity index (χ4v) is 4.03. The largest absolute Gasteiger partial charge is 0.452 e. The molecule has 30 heavy (non-hydrogen) atoms. The summed E-state index contributed by atoms with van der Waals surface area (Å²) in [5.74, 6) is -0.904. The average molecular weight is 426 g/mol. The van der Waals surface area contributed by atoms with Crippen molar-refractivity contribution in [3.8, 4) is 10.6 Å². The number of benzene rings is 1. The van der Waals surface area contributed by atoms with E-state index in [1.807, 2.05) is 47.8 Å². The summed E-state index contributed by atoms with van der Waals surface area (Å²) < 4.78 is 12.5. The summed E-state index contributed by atoms with van der Waals surface area (Å²) >= 11 is 1.50. The van der Waals surface area contributed by atoms with Gasteiger partial charge in [-0.2, -0.15) is 5.10 Å². The van der Waals surface area contributed by atoms with E-state index in [0.29, 0.717) is 24.3 Å². The van der Waals surface area contributed by atoms with Gasteiger partial charge in [0.15, 0.2) is 6.61 Å². The van der Waals surface area contributed by atoms with Crippen LogP contribution in [0.15, 0.2) is 54.0 Å². The van der Waals surface area contributed by atoms with Gasteiger partial charge >= 0.3 is 5.97 Å². The first-order valence-corrected chi connectivity index (χ1v) is 10.8. The molecule has 3 heterocycles. The third-order valence-electron chi connectivity index (χ3n) is 4.81. The topological polar surface area (TPSA) is 82.5 Å². The molecule has 1 amide bonds. The van der Waals surface area contributed by atoms with E-state index in [0.717, 1.165) is 29.9 Å². The van der Waals surface area contributed by atoms with Crippen LogP contribution in [0.25, 0.3) is 10.6 Å². The van der Waals surface area contributed by atoms with Crippen LogP contribution in [0, 0.1) is 0 Å². The Morgan fingerprint density at radius 2 is 2.10 bits per heavy atom. The van der Waals surface area contributed by atoms with E-state index in [1.54, 1.807) is 10.9 Å². The average Bonchev–Trinajstić information content (AvgIpc) is 3.53. The van der Waals surface area contributed by atoms with Gasteiger partial charge in [0, 0.05) is 19.3 Å². The maximum atomic E-state index is 12.7. The fourth-order valence-electron chi connectivity index (χ4n) is 3.31. The Labute approximate surface area is 178 Å². The van der Waals surface area contributed by atoms with Crippen molar-refractivity contribution in [1.29, 1.82) is 0 Å². The summed E-state index contributed by atoms with van der Waals surface area (Å²) in [7, 11) is 0. The summed E-state index contributed by atoms with van der Waals surface area (Å²) in [5.41, 5.74) is 1.98. The Kier molecular flexibility index (Phi) is 6.56. The van der Waals surface area contributed by atoms with E-state index in [1.165, 1.54) is 11.3 Å². The van der Waals surface area contributed by atoms with Crippen molar-refractivity contribution in [2.75, 3.05) is 19.8 Å². The Bertz CT molecular complexity index is 979. The number of aromatic nitrogens is 2. The monoisotopic (exact) mass is 425 g/mol. The highest BCUT2D eigenvalue weighted by molar-refractivity contribution is 7.13. The van der Waals surface area contributed by atoms with Crippen molar-refractivity contribution >= 4 is 23.2 Å². The van der Waals surface area contributed by atoms with Gasteiger partial charge in [0.2, 0.25) is 0 Å². The number of esters is 1. The third-order valence-corrected chi connectivity index (χ3v) is 5.69. The Balaban J connectivity index is 1.42. The molecule has 1 aliphatic heterocycles. The zero-order valence-electron chi connectivity index (χ0n) is 16.5. The number of ether oxygens (including phenoxy) is 2. The first-order chi connectivity index (χ1) is 14.7. The number of nitrogens with one attached hydrogen (secondary N) is 1. The second kappa shape index (κ2) is 9.69. The number of thiophene rings is 1. The van der Waals surface area contributed by atoms with Crippen LogP contribution in [-0.2, 0) is 20.8 Å². The highest BCUT2D eigenvalue weighted by Gasteiger charge is 2.22. The predicted molar refractivity (Wildman–Crippen MR) is 113 cm³/mol. The minimum Gasteiger partial charge on any atom is -0.452 e. The highest BCUT2D eigenvalue weighted by Crippen LogP contribution is 2.27. The zero-order valence-corrected chi connectivity index (χ0v) is 17.3. The molecule has 1 aliphatic rings. The number of rotatable bonds is 8. The van der Waals surface area contributed by atoms with Gasteiger partial charge < -0.3 is 14.8 Å². The molecule has 1 aromatic carbocycles. The number of amides is 1. The first-order valence-electron chi connectivity index (χ1n) is 9.90. The lowest BCUT2D eigenvalue weighted by Crippen LogP contribution is -2.34. The van der Waals surface area contributed by atoms with E-state index in [9.17, 15) is 9.59 Å². The number of hydrogen-bond donors (Lipinski definition) is 1. The SMILES string of the molecule is O=C(COC(=O)c1cn(Cc2ccccc2)nc1-c1cccs1)NCC1CCCO1. The van der Waals surface area contributed by atoms with Crippen LogP contribution < -0.4 is 5.32 Å².